The van der Waals surface area contributed by atoms with Crippen molar-refractivity contribution in [2.75, 3.05) is 12.4 Å². The molecule has 10 nitrogen and oxygen atoms in total. The van der Waals surface area contributed by atoms with Crippen LogP contribution in [-0.4, -0.2) is 55.9 Å². The molecule has 0 saturated heterocycles. The Morgan fingerprint density at radius 3 is 2.09 bits per heavy atom. The van der Waals surface area contributed by atoms with Crippen LogP contribution in [0.15, 0.2) is 65.6 Å². The molecule has 0 unspecified atom stereocenters. The van der Waals surface area contributed by atoms with Gasteiger partial charge in [0, 0.05) is 0 Å². The van der Waals surface area contributed by atoms with E-state index in [2.05, 4.69) is 10.6 Å². The molecule has 5 N–H and O–H groups in total. The molecule has 2 aromatic rings. The minimum Gasteiger partial charge on any atom is -0.445 e. The van der Waals surface area contributed by atoms with E-state index in [1.54, 1.807) is 48.5 Å². The predicted octanol–water partition coefficient (Wildman–Crippen LogP) is 0.108. The molecule has 0 heterocycles. The molecule has 0 fully saturated rings. The number of primary amides is 1. The Morgan fingerprint density at radius 2 is 1.53 bits per heavy atom. The molecule has 2 atom stereocenters. The van der Waals surface area contributed by atoms with Crippen LogP contribution in [0.25, 0.3) is 0 Å². The van der Waals surface area contributed by atoms with Crippen LogP contribution in [0.3, 0.4) is 0 Å². The van der Waals surface area contributed by atoms with E-state index < -0.39 is 52.2 Å². The van der Waals surface area contributed by atoms with Crippen molar-refractivity contribution in [1.29, 1.82) is 0 Å². The first-order valence-electron chi connectivity index (χ1n) is 9.68. The number of aliphatic hydroxyl groups is 1. The fourth-order valence-corrected chi connectivity index (χ4v) is 4.03. The van der Waals surface area contributed by atoms with Gasteiger partial charge in [0.25, 0.3) is 0 Å². The molecular formula is C21H25N3O7S. The molecule has 2 rings (SSSR count). The maximum Gasteiger partial charge on any atom is 0.408 e. The van der Waals surface area contributed by atoms with Gasteiger partial charge < -0.3 is 26.2 Å². The second-order valence-corrected chi connectivity index (χ2v) is 8.93. The third kappa shape index (κ3) is 7.67. The molecular weight excluding hydrogens is 438 g/mol. The molecule has 0 aliphatic rings. The van der Waals surface area contributed by atoms with Crippen molar-refractivity contribution in [3.8, 4) is 0 Å². The van der Waals surface area contributed by atoms with E-state index in [0.717, 1.165) is 5.56 Å². The van der Waals surface area contributed by atoms with Crippen molar-refractivity contribution in [2.45, 2.75) is 30.0 Å². The molecule has 0 saturated carbocycles. The highest BCUT2D eigenvalue weighted by Crippen LogP contribution is 2.12. The third-order valence-electron chi connectivity index (χ3n) is 4.44. The molecule has 2 aromatic carbocycles. The van der Waals surface area contributed by atoms with Gasteiger partial charge in [0.15, 0.2) is 9.84 Å². The second-order valence-electron chi connectivity index (χ2n) is 6.83. The molecule has 0 radical (unpaired) electrons. The Morgan fingerprint density at radius 1 is 0.938 bits per heavy atom. The SMILES string of the molecule is NC(=O)[C@H](CCS(=O)(=O)c1ccccc1)NC(=O)[C@H](CO)NC(=O)OCc1ccccc1. The van der Waals surface area contributed by atoms with Gasteiger partial charge in [-0.15, -0.1) is 0 Å². The molecule has 172 valence electrons. The van der Waals surface area contributed by atoms with Gasteiger partial charge in [-0.2, -0.15) is 0 Å². The monoisotopic (exact) mass is 463 g/mol. The lowest BCUT2D eigenvalue weighted by Gasteiger charge is -2.20. The van der Waals surface area contributed by atoms with Crippen LogP contribution < -0.4 is 16.4 Å². The van der Waals surface area contributed by atoms with Gasteiger partial charge in [0.2, 0.25) is 11.8 Å². The molecule has 0 aliphatic carbocycles. The molecule has 11 heteroatoms. The Kier molecular flexibility index (Phi) is 9.17. The lowest BCUT2D eigenvalue weighted by molar-refractivity contribution is -0.129. The first-order valence-corrected chi connectivity index (χ1v) is 11.3. The summed E-state index contributed by atoms with van der Waals surface area (Å²) in [6, 6.07) is 13.7. The highest BCUT2D eigenvalue weighted by atomic mass is 32.2. The van der Waals surface area contributed by atoms with Crippen LogP contribution in [0, 0.1) is 0 Å². The summed E-state index contributed by atoms with van der Waals surface area (Å²) in [6.45, 7) is -0.826. The van der Waals surface area contributed by atoms with Crippen molar-refractivity contribution in [3.63, 3.8) is 0 Å². The number of sulfone groups is 1. The van der Waals surface area contributed by atoms with Crippen LogP contribution in [0.5, 0.6) is 0 Å². The van der Waals surface area contributed by atoms with Crippen molar-refractivity contribution >= 4 is 27.7 Å². The van der Waals surface area contributed by atoms with E-state index >= 15 is 0 Å². The Labute approximate surface area is 185 Å². The summed E-state index contributed by atoms with van der Waals surface area (Å²) >= 11 is 0. The number of amides is 3. The highest BCUT2D eigenvalue weighted by molar-refractivity contribution is 7.91. The summed E-state index contributed by atoms with van der Waals surface area (Å²) < 4.78 is 29.8. The highest BCUT2D eigenvalue weighted by Gasteiger charge is 2.27. The van der Waals surface area contributed by atoms with Gasteiger partial charge in [-0.25, -0.2) is 13.2 Å². The fourth-order valence-electron chi connectivity index (χ4n) is 2.68. The number of hydrogen-bond donors (Lipinski definition) is 4. The normalized spacial score (nSPS) is 12.9. The van der Waals surface area contributed by atoms with E-state index in [9.17, 15) is 27.9 Å². The maximum atomic E-state index is 12.4. The average molecular weight is 464 g/mol. The Hall–Kier alpha value is -3.44. The number of alkyl carbamates (subject to hydrolysis) is 1. The number of ether oxygens (including phenoxy) is 1. The lowest BCUT2D eigenvalue weighted by atomic mass is 10.2. The first kappa shape index (κ1) is 24.8. The topological polar surface area (TPSA) is 165 Å². The zero-order valence-electron chi connectivity index (χ0n) is 17.1. The van der Waals surface area contributed by atoms with Gasteiger partial charge in [0.1, 0.15) is 18.7 Å². The van der Waals surface area contributed by atoms with Crippen LogP contribution >= 0.6 is 0 Å². The van der Waals surface area contributed by atoms with Crippen molar-refractivity contribution < 1.29 is 32.6 Å². The minimum absolute atomic E-state index is 0.0479. The molecule has 0 aromatic heterocycles. The molecule has 0 bridgehead atoms. The number of hydrogen-bond acceptors (Lipinski definition) is 7. The zero-order chi connectivity index (χ0) is 23.6. The number of nitrogens with one attached hydrogen (secondary N) is 2. The standard InChI is InChI=1S/C21H25N3O7S/c22-19(26)17(11-12-32(29,30)16-9-5-2-6-10-16)23-20(27)18(13-25)24-21(28)31-14-15-7-3-1-4-8-15/h1-10,17-18,25H,11-14H2,(H2,22,26)(H,23,27)(H,24,28)/t17-,18-/m0/s1. The Balaban J connectivity index is 1.91. The van der Waals surface area contributed by atoms with Gasteiger partial charge in [-0.1, -0.05) is 48.5 Å². The smallest absolute Gasteiger partial charge is 0.408 e. The van der Waals surface area contributed by atoms with Crippen LogP contribution in [-0.2, 0) is 30.8 Å². The lowest BCUT2D eigenvalue weighted by Crippen LogP contribution is -2.54. The average Bonchev–Trinajstić information content (AvgIpc) is 2.79. The summed E-state index contributed by atoms with van der Waals surface area (Å²) in [5.74, 6) is -2.31. The van der Waals surface area contributed by atoms with Crippen molar-refractivity contribution in [2.24, 2.45) is 5.73 Å². The van der Waals surface area contributed by atoms with Crippen molar-refractivity contribution in [3.05, 3.63) is 66.2 Å². The molecule has 3 amide bonds. The quantitative estimate of drug-likeness (QED) is 0.367. The largest absolute Gasteiger partial charge is 0.445 e. The Bertz CT molecular complexity index is 1010. The number of aliphatic hydroxyl groups excluding tert-OH is 1. The van der Waals surface area contributed by atoms with E-state index in [1.165, 1.54) is 12.1 Å². The molecule has 32 heavy (non-hydrogen) atoms. The summed E-state index contributed by atoms with van der Waals surface area (Å²) in [5, 5.41) is 13.9. The summed E-state index contributed by atoms with van der Waals surface area (Å²) in [6.07, 6.45) is -1.24. The number of carbonyl (C=O) groups is 3. The van der Waals surface area contributed by atoms with Gasteiger partial charge in [-0.3, -0.25) is 9.59 Å². The third-order valence-corrected chi connectivity index (χ3v) is 6.20. The summed E-state index contributed by atoms with van der Waals surface area (Å²) in [7, 11) is -3.70. The van der Waals surface area contributed by atoms with Crippen LogP contribution in [0.1, 0.15) is 12.0 Å². The number of nitrogens with two attached hydrogens (primary N) is 1. The summed E-state index contributed by atoms with van der Waals surface area (Å²) in [5.41, 5.74) is 6.01. The molecule has 0 spiro atoms. The first-order chi connectivity index (χ1) is 15.2. The van der Waals surface area contributed by atoms with Crippen LogP contribution in [0.4, 0.5) is 4.79 Å². The maximum absolute atomic E-state index is 12.4. The van der Waals surface area contributed by atoms with Gasteiger partial charge >= 0.3 is 6.09 Å². The predicted molar refractivity (Wildman–Crippen MR) is 115 cm³/mol. The van der Waals surface area contributed by atoms with E-state index in [1.807, 2.05) is 0 Å². The minimum atomic E-state index is -3.70. The fraction of sp³-hybridized carbons (Fsp3) is 0.286. The van der Waals surface area contributed by atoms with Gasteiger partial charge in [0.05, 0.1) is 17.3 Å². The second kappa shape index (κ2) is 11.8. The van der Waals surface area contributed by atoms with E-state index in [4.69, 9.17) is 10.5 Å². The number of benzene rings is 2. The number of carbonyl (C=O) groups excluding carboxylic acids is 3. The van der Waals surface area contributed by atoms with Crippen LogP contribution in [0.2, 0.25) is 0 Å². The van der Waals surface area contributed by atoms with E-state index in [0.29, 0.717) is 0 Å². The van der Waals surface area contributed by atoms with E-state index in [-0.39, 0.29) is 17.9 Å². The molecule has 0 aliphatic heterocycles. The van der Waals surface area contributed by atoms with Crippen molar-refractivity contribution in [1.82, 2.24) is 10.6 Å². The summed E-state index contributed by atoms with van der Waals surface area (Å²) in [4.78, 5) is 36.1. The zero-order valence-corrected chi connectivity index (χ0v) is 18.0. The number of rotatable bonds is 11. The van der Waals surface area contributed by atoms with Gasteiger partial charge in [-0.05, 0) is 24.1 Å².